The summed E-state index contributed by atoms with van der Waals surface area (Å²) in [6, 6.07) is 7.72. The van der Waals surface area contributed by atoms with E-state index in [1.807, 2.05) is 24.3 Å². The molecule has 0 bridgehead atoms. The Labute approximate surface area is 170 Å². The number of hydrogen-bond donors (Lipinski definition) is 2. The van der Waals surface area contributed by atoms with Gasteiger partial charge in [-0.25, -0.2) is 5.10 Å². The summed E-state index contributed by atoms with van der Waals surface area (Å²) in [5.74, 6) is 1.41. The first-order valence-electron chi connectivity index (χ1n) is 10.5. The number of rotatable bonds is 6. The van der Waals surface area contributed by atoms with Crippen molar-refractivity contribution in [2.24, 2.45) is 11.8 Å². The molecule has 4 rings (SSSR count). The van der Waals surface area contributed by atoms with E-state index in [-0.39, 0.29) is 18.0 Å². The lowest BCUT2D eigenvalue weighted by Crippen LogP contribution is -2.40. The molecule has 1 amide bonds. The van der Waals surface area contributed by atoms with E-state index in [1.165, 1.54) is 6.42 Å². The number of para-hydroxylation sites is 1. The van der Waals surface area contributed by atoms with Gasteiger partial charge < -0.3 is 14.8 Å². The summed E-state index contributed by atoms with van der Waals surface area (Å²) < 4.78 is 1.79. The van der Waals surface area contributed by atoms with Gasteiger partial charge in [-0.05, 0) is 37.3 Å². The Morgan fingerprint density at radius 2 is 1.97 bits per heavy atom. The molecule has 7 nitrogen and oxygen atoms in total. The van der Waals surface area contributed by atoms with Crippen molar-refractivity contribution in [1.29, 1.82) is 0 Å². The Balaban J connectivity index is 1.40. The fraction of sp³-hybridized carbons (Fsp3) is 0.500. The molecule has 0 aliphatic carbocycles. The van der Waals surface area contributed by atoms with E-state index < -0.39 is 0 Å². The third kappa shape index (κ3) is 4.19. The van der Waals surface area contributed by atoms with Gasteiger partial charge >= 0.3 is 0 Å². The normalized spacial score (nSPS) is 20.3. The monoisotopic (exact) mass is 395 g/mol. The quantitative estimate of drug-likeness (QED) is 0.628. The molecule has 1 saturated heterocycles. The van der Waals surface area contributed by atoms with Crippen LogP contribution in [-0.2, 0) is 11.3 Å². The molecule has 0 spiro atoms. The lowest BCUT2D eigenvalue weighted by molar-refractivity contribution is -0.121. The third-order valence-electron chi connectivity index (χ3n) is 5.80. The van der Waals surface area contributed by atoms with Gasteiger partial charge in [-0.15, -0.1) is 0 Å². The Kier molecular flexibility index (Phi) is 5.67. The van der Waals surface area contributed by atoms with Gasteiger partial charge in [0.1, 0.15) is 12.1 Å². The Hall–Kier alpha value is -2.67. The first-order valence-corrected chi connectivity index (χ1v) is 10.5. The lowest BCUT2D eigenvalue weighted by Gasteiger charge is -2.34. The van der Waals surface area contributed by atoms with Crippen molar-refractivity contribution in [2.75, 3.05) is 26.2 Å². The number of benzene rings is 1. The number of aromatic nitrogens is 3. The van der Waals surface area contributed by atoms with Crippen LogP contribution < -0.4 is 10.9 Å². The van der Waals surface area contributed by atoms with Crippen molar-refractivity contribution in [2.45, 2.75) is 33.2 Å². The van der Waals surface area contributed by atoms with Gasteiger partial charge in [0.25, 0.3) is 5.56 Å². The SMILES string of the molecule is C[C@@H]1C[C@@H](C)CN(CCCNC(=O)Cn2c3ccccc3c3cn[nH]c(=O)c32)C1. The number of nitrogens with zero attached hydrogens (tertiary/aromatic N) is 3. The standard InChI is InChI=1S/C22H29N5O2/c1-15-10-16(2)13-26(12-15)9-5-8-23-20(28)14-27-19-7-4-3-6-17(19)18-11-24-25-22(29)21(18)27/h3-4,6-7,11,15-16H,5,8-10,12-14H2,1-2H3,(H,23,28)(H,25,29)/t15-,16-/m1/s1. The molecule has 0 unspecified atom stereocenters. The molecule has 154 valence electrons. The maximum Gasteiger partial charge on any atom is 0.288 e. The van der Waals surface area contributed by atoms with E-state index in [9.17, 15) is 9.59 Å². The highest BCUT2D eigenvalue weighted by Crippen LogP contribution is 2.25. The predicted molar refractivity (Wildman–Crippen MR) is 115 cm³/mol. The summed E-state index contributed by atoms with van der Waals surface area (Å²) in [7, 11) is 0. The van der Waals surface area contributed by atoms with Crippen LogP contribution in [0.15, 0.2) is 35.3 Å². The van der Waals surface area contributed by atoms with Crippen molar-refractivity contribution < 1.29 is 4.79 Å². The van der Waals surface area contributed by atoms with Crippen LogP contribution in [0, 0.1) is 11.8 Å². The molecular weight excluding hydrogens is 366 g/mol. The van der Waals surface area contributed by atoms with Gasteiger partial charge in [0.05, 0.1) is 6.20 Å². The maximum atomic E-state index is 12.6. The van der Waals surface area contributed by atoms with Crippen LogP contribution >= 0.6 is 0 Å². The molecule has 2 aromatic heterocycles. The highest BCUT2D eigenvalue weighted by molar-refractivity contribution is 6.07. The topological polar surface area (TPSA) is 83.0 Å². The van der Waals surface area contributed by atoms with Crippen molar-refractivity contribution in [3.05, 3.63) is 40.8 Å². The summed E-state index contributed by atoms with van der Waals surface area (Å²) >= 11 is 0. The van der Waals surface area contributed by atoms with Crippen molar-refractivity contribution in [3.8, 4) is 0 Å². The van der Waals surface area contributed by atoms with Crippen LogP contribution in [0.4, 0.5) is 0 Å². The maximum absolute atomic E-state index is 12.6. The summed E-state index contributed by atoms with van der Waals surface area (Å²) in [5.41, 5.74) is 1.08. The van der Waals surface area contributed by atoms with Gasteiger partial charge in [0, 0.05) is 35.9 Å². The zero-order chi connectivity index (χ0) is 20.4. The fourth-order valence-corrected chi connectivity index (χ4v) is 4.78. The van der Waals surface area contributed by atoms with Gasteiger partial charge in [0.15, 0.2) is 0 Å². The van der Waals surface area contributed by atoms with E-state index in [2.05, 4.69) is 34.3 Å². The number of carbonyl (C=O) groups is 1. The number of hydrogen-bond acceptors (Lipinski definition) is 4. The van der Waals surface area contributed by atoms with Crippen molar-refractivity contribution in [3.63, 3.8) is 0 Å². The largest absolute Gasteiger partial charge is 0.355 e. The predicted octanol–water partition coefficient (Wildman–Crippen LogP) is 2.36. The van der Waals surface area contributed by atoms with E-state index >= 15 is 0 Å². The Bertz CT molecular complexity index is 1060. The molecule has 1 fully saturated rings. The lowest BCUT2D eigenvalue weighted by atomic mass is 9.92. The van der Waals surface area contributed by atoms with E-state index in [1.54, 1.807) is 10.8 Å². The minimum Gasteiger partial charge on any atom is -0.355 e. The van der Waals surface area contributed by atoms with Crippen LogP contribution in [0.3, 0.4) is 0 Å². The second-order valence-electron chi connectivity index (χ2n) is 8.47. The molecule has 0 saturated carbocycles. The number of H-pyrrole nitrogens is 1. The molecule has 2 N–H and O–H groups in total. The summed E-state index contributed by atoms with van der Waals surface area (Å²) in [6.45, 7) is 8.70. The Morgan fingerprint density at radius 1 is 1.21 bits per heavy atom. The summed E-state index contributed by atoms with van der Waals surface area (Å²) in [4.78, 5) is 27.5. The van der Waals surface area contributed by atoms with Crippen molar-refractivity contribution in [1.82, 2.24) is 25.0 Å². The van der Waals surface area contributed by atoms with Crippen LogP contribution in [0.5, 0.6) is 0 Å². The van der Waals surface area contributed by atoms with Crippen LogP contribution in [-0.4, -0.2) is 51.8 Å². The molecule has 2 atom stereocenters. The third-order valence-corrected chi connectivity index (χ3v) is 5.80. The second kappa shape index (κ2) is 8.37. The number of likely N-dealkylation sites (tertiary alicyclic amines) is 1. The van der Waals surface area contributed by atoms with Gasteiger partial charge in [0.2, 0.25) is 5.91 Å². The molecule has 0 radical (unpaired) electrons. The fourth-order valence-electron chi connectivity index (χ4n) is 4.78. The van der Waals surface area contributed by atoms with Crippen LogP contribution in [0.2, 0.25) is 0 Å². The van der Waals surface area contributed by atoms with Crippen LogP contribution in [0.25, 0.3) is 21.8 Å². The molecule has 7 heteroatoms. The molecular formula is C22H29N5O2. The van der Waals surface area contributed by atoms with Crippen LogP contribution in [0.1, 0.15) is 26.7 Å². The van der Waals surface area contributed by atoms with Gasteiger partial charge in [-0.2, -0.15) is 5.10 Å². The minimum atomic E-state index is -0.278. The smallest absolute Gasteiger partial charge is 0.288 e. The first kappa shape index (κ1) is 19.6. The molecule has 1 aliphatic heterocycles. The van der Waals surface area contributed by atoms with Gasteiger partial charge in [-0.1, -0.05) is 32.0 Å². The molecule has 1 aliphatic rings. The second-order valence-corrected chi connectivity index (χ2v) is 8.47. The molecule has 3 aromatic rings. The average Bonchev–Trinajstić information content (AvgIpc) is 3.00. The summed E-state index contributed by atoms with van der Waals surface area (Å²) in [5, 5.41) is 11.1. The van der Waals surface area contributed by atoms with Gasteiger partial charge in [-0.3, -0.25) is 9.59 Å². The number of nitrogens with one attached hydrogen (secondary N) is 2. The highest BCUT2D eigenvalue weighted by Gasteiger charge is 2.21. The number of aromatic amines is 1. The summed E-state index contributed by atoms with van der Waals surface area (Å²) in [6.07, 6.45) is 3.89. The Morgan fingerprint density at radius 3 is 2.76 bits per heavy atom. The number of piperidine rings is 1. The molecule has 1 aromatic carbocycles. The minimum absolute atomic E-state index is 0.0794. The first-order chi connectivity index (χ1) is 14.0. The zero-order valence-electron chi connectivity index (χ0n) is 17.1. The number of fused-ring (bicyclic) bond motifs is 3. The number of carbonyl (C=O) groups excluding carboxylic acids is 1. The van der Waals surface area contributed by atoms with Crippen molar-refractivity contribution >= 4 is 27.7 Å². The molecule has 29 heavy (non-hydrogen) atoms. The zero-order valence-corrected chi connectivity index (χ0v) is 17.1. The van der Waals surface area contributed by atoms with E-state index in [0.29, 0.717) is 12.1 Å². The molecule has 3 heterocycles. The highest BCUT2D eigenvalue weighted by atomic mass is 16.2. The van der Waals surface area contributed by atoms with E-state index in [0.717, 1.165) is 54.2 Å². The van der Waals surface area contributed by atoms with E-state index in [4.69, 9.17) is 0 Å². The average molecular weight is 396 g/mol. The number of amides is 1.